The van der Waals surface area contributed by atoms with Crippen molar-refractivity contribution in [2.45, 2.75) is 32.6 Å². The number of methoxy groups -OCH3 is 1. The van der Waals surface area contributed by atoms with Gasteiger partial charge in [0.2, 0.25) is 11.2 Å². The van der Waals surface area contributed by atoms with Gasteiger partial charge in [-0.15, -0.1) is 0 Å². The molecule has 0 saturated heterocycles. The highest BCUT2D eigenvalue weighted by Gasteiger charge is 2.35. The van der Waals surface area contributed by atoms with Gasteiger partial charge in [0.1, 0.15) is 17.9 Å². The standard InChI is InChI=1S/C18H18ClF3N6O/c1-10(2)28-8-14(18(20,21)22)26-15(28)12-5-4-11(6-13(12)29-3)7-23-17-25-9-24-16(19)27-17/h4-6,8-10H,7H2,1-3H3,(H,23,24,25,27). The molecule has 0 aliphatic carbocycles. The largest absolute Gasteiger partial charge is 0.496 e. The summed E-state index contributed by atoms with van der Waals surface area (Å²) in [6.45, 7) is 3.93. The van der Waals surface area contributed by atoms with Crippen LogP contribution in [0.3, 0.4) is 0 Å². The topological polar surface area (TPSA) is 77.8 Å². The van der Waals surface area contributed by atoms with Crippen LogP contribution < -0.4 is 10.1 Å². The lowest BCUT2D eigenvalue weighted by molar-refractivity contribution is -0.140. The average Bonchev–Trinajstić information content (AvgIpc) is 3.12. The van der Waals surface area contributed by atoms with Crippen LogP contribution in [0.25, 0.3) is 11.4 Å². The van der Waals surface area contributed by atoms with E-state index in [0.29, 0.717) is 23.8 Å². The number of benzene rings is 1. The minimum Gasteiger partial charge on any atom is -0.496 e. The number of anilines is 1. The van der Waals surface area contributed by atoms with Crippen LogP contribution in [0.4, 0.5) is 19.1 Å². The molecule has 0 saturated carbocycles. The molecule has 0 unspecified atom stereocenters. The number of halogens is 4. The Hall–Kier alpha value is -2.88. The SMILES string of the molecule is COc1cc(CNc2ncnc(Cl)n2)ccc1-c1nc(C(F)(F)F)cn1C(C)C. The number of nitrogens with zero attached hydrogens (tertiary/aromatic N) is 5. The van der Waals surface area contributed by atoms with Gasteiger partial charge in [0, 0.05) is 18.8 Å². The molecule has 2 aromatic heterocycles. The van der Waals surface area contributed by atoms with Crippen molar-refractivity contribution in [1.29, 1.82) is 0 Å². The van der Waals surface area contributed by atoms with E-state index < -0.39 is 11.9 Å². The fourth-order valence-electron chi connectivity index (χ4n) is 2.70. The predicted octanol–water partition coefficient (Wildman–Crippen LogP) is 4.61. The van der Waals surface area contributed by atoms with E-state index in [1.165, 1.54) is 18.0 Å². The monoisotopic (exact) mass is 426 g/mol. The van der Waals surface area contributed by atoms with Crippen molar-refractivity contribution in [2.24, 2.45) is 0 Å². The number of aromatic nitrogens is 5. The minimum absolute atomic E-state index is 0.0661. The van der Waals surface area contributed by atoms with E-state index in [4.69, 9.17) is 16.3 Å². The van der Waals surface area contributed by atoms with Crippen molar-refractivity contribution >= 4 is 17.5 Å². The Balaban J connectivity index is 1.92. The summed E-state index contributed by atoms with van der Waals surface area (Å²) < 4.78 is 46.4. The highest BCUT2D eigenvalue weighted by molar-refractivity contribution is 6.28. The maximum absolute atomic E-state index is 13.2. The Labute approximate surface area is 169 Å². The summed E-state index contributed by atoms with van der Waals surface area (Å²) in [6, 6.07) is 4.95. The first-order chi connectivity index (χ1) is 13.7. The van der Waals surface area contributed by atoms with Crippen LogP contribution >= 0.6 is 11.6 Å². The zero-order chi connectivity index (χ0) is 21.2. The number of hydrogen-bond donors (Lipinski definition) is 1. The maximum Gasteiger partial charge on any atom is 0.434 e. The third-order valence-corrected chi connectivity index (χ3v) is 4.26. The van der Waals surface area contributed by atoms with Crippen LogP contribution in [0.1, 0.15) is 31.1 Å². The van der Waals surface area contributed by atoms with Crippen LogP contribution in [0.15, 0.2) is 30.7 Å². The smallest absolute Gasteiger partial charge is 0.434 e. The first-order valence-electron chi connectivity index (χ1n) is 8.60. The van der Waals surface area contributed by atoms with Crippen LogP contribution in [0.5, 0.6) is 5.75 Å². The molecule has 154 valence electrons. The summed E-state index contributed by atoms with van der Waals surface area (Å²) in [4.78, 5) is 15.4. The van der Waals surface area contributed by atoms with Gasteiger partial charge in [0.15, 0.2) is 5.69 Å². The first-order valence-corrected chi connectivity index (χ1v) is 8.98. The highest BCUT2D eigenvalue weighted by atomic mass is 35.5. The summed E-state index contributed by atoms with van der Waals surface area (Å²) in [5.74, 6) is 0.894. The molecule has 0 bridgehead atoms. The van der Waals surface area contributed by atoms with Gasteiger partial charge in [0.25, 0.3) is 0 Å². The lowest BCUT2D eigenvalue weighted by Gasteiger charge is -2.15. The van der Waals surface area contributed by atoms with Crippen molar-refractivity contribution in [3.8, 4) is 17.1 Å². The molecule has 3 rings (SSSR count). The molecule has 0 amide bonds. The molecule has 1 aromatic carbocycles. The second-order valence-corrected chi connectivity index (χ2v) is 6.75. The Bertz CT molecular complexity index is 1010. The summed E-state index contributed by atoms with van der Waals surface area (Å²) >= 11 is 5.73. The first kappa shape index (κ1) is 20.8. The van der Waals surface area contributed by atoms with E-state index in [0.717, 1.165) is 11.8 Å². The van der Waals surface area contributed by atoms with E-state index in [9.17, 15) is 13.2 Å². The maximum atomic E-state index is 13.2. The summed E-state index contributed by atoms with van der Waals surface area (Å²) in [5, 5.41) is 3.06. The Kier molecular flexibility index (Phi) is 5.92. The van der Waals surface area contributed by atoms with Gasteiger partial charge in [-0.25, -0.2) is 15.0 Å². The highest BCUT2D eigenvalue weighted by Crippen LogP contribution is 2.36. The fraction of sp³-hybridized carbons (Fsp3) is 0.333. The molecule has 0 fully saturated rings. The van der Waals surface area contributed by atoms with E-state index in [1.807, 2.05) is 0 Å². The molecule has 0 spiro atoms. The van der Waals surface area contributed by atoms with Gasteiger partial charge in [-0.1, -0.05) is 6.07 Å². The summed E-state index contributed by atoms with van der Waals surface area (Å²) in [6.07, 6.45) is -2.23. The molecule has 3 aromatic rings. The normalized spacial score (nSPS) is 11.7. The molecular formula is C18H18ClF3N6O. The molecule has 2 heterocycles. The lowest BCUT2D eigenvalue weighted by atomic mass is 10.1. The Morgan fingerprint density at radius 3 is 2.59 bits per heavy atom. The molecule has 0 aliphatic heterocycles. The molecule has 0 aliphatic rings. The van der Waals surface area contributed by atoms with Gasteiger partial charge in [0.05, 0.1) is 12.7 Å². The lowest BCUT2D eigenvalue weighted by Crippen LogP contribution is -2.06. The van der Waals surface area contributed by atoms with Crippen molar-refractivity contribution < 1.29 is 17.9 Å². The Morgan fingerprint density at radius 1 is 1.21 bits per heavy atom. The van der Waals surface area contributed by atoms with Gasteiger partial charge >= 0.3 is 6.18 Å². The third kappa shape index (κ3) is 4.76. The zero-order valence-electron chi connectivity index (χ0n) is 15.8. The van der Waals surface area contributed by atoms with Crippen molar-refractivity contribution in [3.63, 3.8) is 0 Å². The molecule has 7 nitrogen and oxygen atoms in total. The van der Waals surface area contributed by atoms with Crippen molar-refractivity contribution in [1.82, 2.24) is 24.5 Å². The van der Waals surface area contributed by atoms with E-state index >= 15 is 0 Å². The second kappa shape index (κ2) is 8.24. The average molecular weight is 427 g/mol. The Morgan fingerprint density at radius 2 is 1.97 bits per heavy atom. The van der Waals surface area contributed by atoms with E-state index in [-0.39, 0.29) is 17.1 Å². The van der Waals surface area contributed by atoms with Crippen LogP contribution in [-0.2, 0) is 12.7 Å². The number of alkyl halides is 3. The molecular weight excluding hydrogens is 409 g/mol. The molecule has 1 N–H and O–H groups in total. The predicted molar refractivity (Wildman–Crippen MR) is 102 cm³/mol. The number of hydrogen-bond acceptors (Lipinski definition) is 6. The summed E-state index contributed by atoms with van der Waals surface area (Å²) in [5.41, 5.74) is 0.324. The van der Waals surface area contributed by atoms with Gasteiger partial charge < -0.3 is 14.6 Å². The third-order valence-electron chi connectivity index (χ3n) is 4.08. The van der Waals surface area contributed by atoms with Gasteiger partial charge in [-0.2, -0.15) is 18.2 Å². The number of ether oxygens (including phenoxy) is 1. The van der Waals surface area contributed by atoms with Gasteiger partial charge in [-0.05, 0) is 43.1 Å². The quantitative estimate of drug-likeness (QED) is 0.620. The molecule has 11 heteroatoms. The second-order valence-electron chi connectivity index (χ2n) is 6.41. The van der Waals surface area contributed by atoms with E-state index in [2.05, 4.69) is 25.3 Å². The van der Waals surface area contributed by atoms with Crippen LogP contribution in [0.2, 0.25) is 5.28 Å². The zero-order valence-corrected chi connectivity index (χ0v) is 16.6. The molecule has 0 radical (unpaired) electrons. The molecule has 0 atom stereocenters. The van der Waals surface area contributed by atoms with Gasteiger partial charge in [-0.3, -0.25) is 0 Å². The van der Waals surface area contributed by atoms with Crippen molar-refractivity contribution in [3.05, 3.63) is 47.3 Å². The van der Waals surface area contributed by atoms with Crippen molar-refractivity contribution in [2.75, 3.05) is 12.4 Å². The van der Waals surface area contributed by atoms with Crippen LogP contribution in [-0.4, -0.2) is 31.6 Å². The molecule has 29 heavy (non-hydrogen) atoms. The fourth-order valence-corrected chi connectivity index (χ4v) is 2.82. The van der Waals surface area contributed by atoms with E-state index in [1.54, 1.807) is 32.0 Å². The number of rotatable bonds is 6. The summed E-state index contributed by atoms with van der Waals surface area (Å²) in [7, 11) is 1.45. The number of imidazole rings is 1. The van der Waals surface area contributed by atoms with Crippen LogP contribution in [0, 0.1) is 0 Å². The number of nitrogens with one attached hydrogen (secondary N) is 1. The minimum atomic E-state index is -4.53.